The molecular formula is C11H14N2O3. The van der Waals surface area contributed by atoms with E-state index in [9.17, 15) is 9.70 Å². The summed E-state index contributed by atoms with van der Waals surface area (Å²) in [7, 11) is 0. The predicted molar refractivity (Wildman–Crippen MR) is 60.2 cm³/mol. The second-order valence-corrected chi connectivity index (χ2v) is 3.41. The van der Waals surface area contributed by atoms with Crippen LogP contribution in [0, 0.1) is 4.91 Å². The van der Waals surface area contributed by atoms with Crippen LogP contribution in [0.1, 0.15) is 24.4 Å². The fourth-order valence-corrected chi connectivity index (χ4v) is 1.45. The monoisotopic (exact) mass is 222 g/mol. The summed E-state index contributed by atoms with van der Waals surface area (Å²) >= 11 is 0. The molecule has 1 aromatic carbocycles. The maximum atomic E-state index is 10.6. The number of hydrogen-bond donors (Lipinski definition) is 2. The molecule has 1 unspecified atom stereocenters. The van der Waals surface area contributed by atoms with E-state index in [0.717, 1.165) is 5.56 Å². The van der Waals surface area contributed by atoms with Gasteiger partial charge in [-0.3, -0.25) is 0 Å². The smallest absolute Gasteiger partial charge is 0.404 e. The van der Waals surface area contributed by atoms with E-state index in [1.165, 1.54) is 0 Å². The molecule has 1 atom stereocenters. The van der Waals surface area contributed by atoms with Crippen molar-refractivity contribution in [2.75, 3.05) is 6.54 Å². The van der Waals surface area contributed by atoms with E-state index in [-0.39, 0.29) is 0 Å². The number of carbonyl (C=O) groups is 1. The SMILES string of the molecule is O=NC(CCCNC(=O)O)c1ccccc1. The number of nitrogens with zero attached hydrogens (tertiary/aromatic N) is 1. The number of hydrogen-bond acceptors (Lipinski definition) is 3. The Bertz CT molecular complexity index is 340. The first-order valence-electron chi connectivity index (χ1n) is 5.08. The summed E-state index contributed by atoms with van der Waals surface area (Å²) in [5.41, 5.74) is 0.868. The first-order chi connectivity index (χ1) is 7.74. The molecule has 0 saturated heterocycles. The molecule has 5 heteroatoms. The van der Waals surface area contributed by atoms with Crippen LogP contribution in [0.2, 0.25) is 0 Å². The molecule has 2 N–H and O–H groups in total. The summed E-state index contributed by atoms with van der Waals surface area (Å²) in [5.74, 6) is 0. The molecule has 0 heterocycles. The fourth-order valence-electron chi connectivity index (χ4n) is 1.45. The van der Waals surface area contributed by atoms with Crippen molar-refractivity contribution in [1.29, 1.82) is 0 Å². The van der Waals surface area contributed by atoms with E-state index in [0.29, 0.717) is 19.4 Å². The summed E-state index contributed by atoms with van der Waals surface area (Å²) in [4.78, 5) is 20.8. The Morgan fingerprint density at radius 3 is 2.62 bits per heavy atom. The molecule has 16 heavy (non-hydrogen) atoms. The van der Waals surface area contributed by atoms with Crippen LogP contribution >= 0.6 is 0 Å². The molecule has 0 aliphatic rings. The van der Waals surface area contributed by atoms with Crippen LogP contribution in [-0.2, 0) is 0 Å². The van der Waals surface area contributed by atoms with E-state index >= 15 is 0 Å². The van der Waals surface area contributed by atoms with E-state index in [2.05, 4.69) is 10.5 Å². The van der Waals surface area contributed by atoms with Crippen LogP contribution in [0.3, 0.4) is 0 Å². The van der Waals surface area contributed by atoms with Gasteiger partial charge in [-0.05, 0) is 18.4 Å². The maximum absolute atomic E-state index is 10.6. The first kappa shape index (κ1) is 12.2. The largest absolute Gasteiger partial charge is 0.465 e. The van der Waals surface area contributed by atoms with Crippen LogP contribution in [-0.4, -0.2) is 17.7 Å². The average Bonchev–Trinajstić information content (AvgIpc) is 2.30. The van der Waals surface area contributed by atoms with Crippen molar-refractivity contribution in [2.24, 2.45) is 5.18 Å². The molecule has 0 radical (unpaired) electrons. The van der Waals surface area contributed by atoms with E-state index in [1.54, 1.807) is 0 Å². The summed E-state index contributed by atoms with van der Waals surface area (Å²) in [6.07, 6.45) is 0.0982. The van der Waals surface area contributed by atoms with Crippen molar-refractivity contribution in [1.82, 2.24) is 5.32 Å². The zero-order valence-corrected chi connectivity index (χ0v) is 8.80. The number of rotatable bonds is 6. The molecule has 0 bridgehead atoms. The van der Waals surface area contributed by atoms with Gasteiger partial charge in [-0.1, -0.05) is 35.5 Å². The summed E-state index contributed by atoms with van der Waals surface area (Å²) in [6.45, 7) is 0.341. The lowest BCUT2D eigenvalue weighted by Gasteiger charge is -2.08. The summed E-state index contributed by atoms with van der Waals surface area (Å²) < 4.78 is 0. The highest BCUT2D eigenvalue weighted by Crippen LogP contribution is 2.21. The minimum atomic E-state index is -1.05. The normalized spacial score (nSPS) is 11.8. The van der Waals surface area contributed by atoms with Crippen molar-refractivity contribution >= 4 is 6.09 Å². The van der Waals surface area contributed by atoms with E-state index in [1.807, 2.05) is 30.3 Å². The van der Waals surface area contributed by atoms with E-state index < -0.39 is 12.1 Å². The van der Waals surface area contributed by atoms with Crippen LogP contribution < -0.4 is 5.32 Å². The van der Waals surface area contributed by atoms with Gasteiger partial charge in [0.25, 0.3) is 0 Å². The van der Waals surface area contributed by atoms with Crippen LogP contribution in [0.4, 0.5) is 4.79 Å². The van der Waals surface area contributed by atoms with Gasteiger partial charge in [0.15, 0.2) is 0 Å². The second-order valence-electron chi connectivity index (χ2n) is 3.41. The minimum absolute atomic E-state index is 0.341. The molecule has 0 aromatic heterocycles. The number of nitrogens with one attached hydrogen (secondary N) is 1. The lowest BCUT2D eigenvalue weighted by atomic mass is 10.0. The average molecular weight is 222 g/mol. The number of carboxylic acid groups (broad SMARTS) is 1. The highest BCUT2D eigenvalue weighted by atomic mass is 16.4. The first-order valence-corrected chi connectivity index (χ1v) is 5.08. The standard InChI is InChI=1S/C11H14N2O3/c14-11(15)12-8-4-7-10(13-16)9-5-2-1-3-6-9/h1-3,5-6,10,12H,4,7-8H2,(H,14,15). The molecule has 0 spiro atoms. The van der Waals surface area contributed by atoms with Gasteiger partial charge in [0, 0.05) is 6.54 Å². The number of nitroso groups, excluding NO2 is 1. The predicted octanol–water partition coefficient (Wildman–Crippen LogP) is 2.54. The third-order valence-corrected chi connectivity index (χ3v) is 2.24. The molecule has 0 fully saturated rings. The van der Waals surface area contributed by atoms with Gasteiger partial charge in [0.2, 0.25) is 0 Å². The lowest BCUT2D eigenvalue weighted by Crippen LogP contribution is -2.22. The molecule has 1 amide bonds. The second kappa shape index (κ2) is 6.55. The molecule has 0 saturated carbocycles. The van der Waals surface area contributed by atoms with Crippen molar-refractivity contribution in [2.45, 2.75) is 18.9 Å². The molecule has 0 aliphatic carbocycles. The minimum Gasteiger partial charge on any atom is -0.465 e. The topological polar surface area (TPSA) is 78.8 Å². The molecule has 5 nitrogen and oxygen atoms in total. The van der Waals surface area contributed by atoms with Gasteiger partial charge in [0.1, 0.15) is 6.04 Å². The Morgan fingerprint density at radius 2 is 2.06 bits per heavy atom. The fraction of sp³-hybridized carbons (Fsp3) is 0.364. The van der Waals surface area contributed by atoms with Gasteiger partial charge in [0.05, 0.1) is 0 Å². The van der Waals surface area contributed by atoms with Crippen LogP contribution in [0.15, 0.2) is 35.5 Å². The Morgan fingerprint density at radius 1 is 1.38 bits per heavy atom. The van der Waals surface area contributed by atoms with Gasteiger partial charge in [-0.15, -0.1) is 0 Å². The third kappa shape index (κ3) is 4.08. The number of benzene rings is 1. The van der Waals surface area contributed by atoms with Crippen LogP contribution in [0.5, 0.6) is 0 Å². The third-order valence-electron chi connectivity index (χ3n) is 2.24. The van der Waals surface area contributed by atoms with Crippen molar-refractivity contribution in [3.8, 4) is 0 Å². The Balaban J connectivity index is 2.38. The number of amides is 1. The quantitative estimate of drug-likeness (QED) is 0.573. The molecular weight excluding hydrogens is 208 g/mol. The van der Waals surface area contributed by atoms with Gasteiger partial charge in [-0.2, -0.15) is 4.91 Å². The molecule has 0 aliphatic heterocycles. The van der Waals surface area contributed by atoms with Gasteiger partial charge < -0.3 is 10.4 Å². The lowest BCUT2D eigenvalue weighted by molar-refractivity contribution is 0.194. The molecule has 1 aromatic rings. The van der Waals surface area contributed by atoms with E-state index in [4.69, 9.17) is 5.11 Å². The maximum Gasteiger partial charge on any atom is 0.404 e. The molecule has 86 valence electrons. The highest BCUT2D eigenvalue weighted by molar-refractivity contribution is 5.64. The zero-order valence-electron chi connectivity index (χ0n) is 8.80. The Hall–Kier alpha value is -1.91. The highest BCUT2D eigenvalue weighted by Gasteiger charge is 2.10. The van der Waals surface area contributed by atoms with Crippen LogP contribution in [0.25, 0.3) is 0 Å². The zero-order chi connectivity index (χ0) is 11.8. The van der Waals surface area contributed by atoms with Crippen molar-refractivity contribution in [3.05, 3.63) is 40.8 Å². The van der Waals surface area contributed by atoms with Gasteiger partial charge >= 0.3 is 6.09 Å². The van der Waals surface area contributed by atoms with Crippen molar-refractivity contribution in [3.63, 3.8) is 0 Å². The molecule has 1 rings (SSSR count). The Kier molecular flexibility index (Phi) is 4.98. The van der Waals surface area contributed by atoms with Crippen molar-refractivity contribution < 1.29 is 9.90 Å². The van der Waals surface area contributed by atoms with Gasteiger partial charge in [-0.25, -0.2) is 4.79 Å². The summed E-state index contributed by atoms with van der Waals surface area (Å²) in [5, 5.41) is 13.7. The summed E-state index contributed by atoms with van der Waals surface area (Å²) in [6, 6.07) is 8.87. The Labute approximate surface area is 93.5 Å².